The largest absolute Gasteiger partial charge is 0.493 e. The SMILES string of the molecule is COc1cc(C(=O)OCCCn2cnc3c2c(=O)n(C)c(=O)n3C)cc(OC)c1OC. The number of carbonyl (C=O) groups excluding carboxylic acids is 1. The summed E-state index contributed by atoms with van der Waals surface area (Å²) in [4.78, 5) is 41.1. The quantitative estimate of drug-likeness (QED) is 0.377. The van der Waals surface area contributed by atoms with Crippen LogP contribution in [0.5, 0.6) is 17.2 Å². The van der Waals surface area contributed by atoms with Gasteiger partial charge in [0.2, 0.25) is 5.75 Å². The predicted octanol–water partition coefficient (Wildman–Crippen LogP) is 0.707. The van der Waals surface area contributed by atoms with Crippen molar-refractivity contribution in [1.82, 2.24) is 18.7 Å². The van der Waals surface area contributed by atoms with Crippen molar-refractivity contribution >= 4 is 17.1 Å². The fourth-order valence-electron chi connectivity index (χ4n) is 3.25. The fraction of sp³-hybridized carbons (Fsp3) is 0.400. The molecule has 0 saturated carbocycles. The average Bonchev–Trinajstić information content (AvgIpc) is 3.21. The van der Waals surface area contributed by atoms with Gasteiger partial charge in [-0.3, -0.25) is 13.9 Å². The van der Waals surface area contributed by atoms with Crippen molar-refractivity contribution in [2.75, 3.05) is 27.9 Å². The van der Waals surface area contributed by atoms with Crippen LogP contribution in [0.1, 0.15) is 16.8 Å². The third-order valence-electron chi connectivity index (χ3n) is 4.89. The van der Waals surface area contributed by atoms with Crippen LogP contribution in [0.2, 0.25) is 0 Å². The van der Waals surface area contributed by atoms with E-state index in [0.29, 0.717) is 41.4 Å². The number of hydrogen-bond donors (Lipinski definition) is 0. The molecular formula is C20H24N4O7. The van der Waals surface area contributed by atoms with Crippen molar-refractivity contribution in [3.8, 4) is 17.2 Å². The van der Waals surface area contributed by atoms with Gasteiger partial charge < -0.3 is 23.5 Å². The van der Waals surface area contributed by atoms with Crippen molar-refractivity contribution < 1.29 is 23.7 Å². The zero-order valence-electron chi connectivity index (χ0n) is 18.0. The molecule has 2 heterocycles. The molecule has 11 nitrogen and oxygen atoms in total. The zero-order valence-corrected chi connectivity index (χ0v) is 18.0. The maximum Gasteiger partial charge on any atom is 0.338 e. The Kier molecular flexibility index (Phi) is 6.33. The maximum atomic E-state index is 12.5. The van der Waals surface area contributed by atoms with E-state index in [4.69, 9.17) is 18.9 Å². The Morgan fingerprint density at radius 2 is 1.65 bits per heavy atom. The molecular weight excluding hydrogens is 408 g/mol. The van der Waals surface area contributed by atoms with E-state index in [-0.39, 0.29) is 12.2 Å². The number of carbonyl (C=O) groups is 1. The Balaban J connectivity index is 1.70. The summed E-state index contributed by atoms with van der Waals surface area (Å²) in [5.41, 5.74) is 0.0153. The number of nitrogens with zero attached hydrogens (tertiary/aromatic N) is 4. The average molecular weight is 432 g/mol. The number of rotatable bonds is 8. The topological polar surface area (TPSA) is 116 Å². The third kappa shape index (κ3) is 3.98. The first-order valence-electron chi connectivity index (χ1n) is 9.42. The Bertz CT molecular complexity index is 1210. The van der Waals surface area contributed by atoms with Crippen LogP contribution in [-0.4, -0.2) is 52.6 Å². The highest BCUT2D eigenvalue weighted by Gasteiger charge is 2.18. The Morgan fingerprint density at radius 3 is 2.23 bits per heavy atom. The predicted molar refractivity (Wildman–Crippen MR) is 111 cm³/mol. The second-order valence-electron chi connectivity index (χ2n) is 6.72. The van der Waals surface area contributed by atoms with Crippen LogP contribution < -0.4 is 25.5 Å². The molecule has 0 radical (unpaired) electrons. The summed E-state index contributed by atoms with van der Waals surface area (Å²) < 4.78 is 25.1. The summed E-state index contributed by atoms with van der Waals surface area (Å²) in [6.45, 7) is 0.494. The van der Waals surface area contributed by atoms with Gasteiger partial charge in [-0.1, -0.05) is 0 Å². The molecule has 1 aromatic carbocycles. The van der Waals surface area contributed by atoms with Gasteiger partial charge in [0, 0.05) is 20.6 Å². The zero-order chi connectivity index (χ0) is 22.7. The molecule has 0 atom stereocenters. The van der Waals surface area contributed by atoms with Crippen LogP contribution in [0.15, 0.2) is 28.0 Å². The van der Waals surface area contributed by atoms with Gasteiger partial charge in [-0.25, -0.2) is 14.6 Å². The number of ether oxygens (including phenoxy) is 4. The van der Waals surface area contributed by atoms with Crippen LogP contribution >= 0.6 is 0 Å². The van der Waals surface area contributed by atoms with Crippen LogP contribution in [0.3, 0.4) is 0 Å². The van der Waals surface area contributed by atoms with E-state index in [1.807, 2.05) is 0 Å². The van der Waals surface area contributed by atoms with E-state index in [2.05, 4.69) is 4.98 Å². The molecule has 3 aromatic rings. The van der Waals surface area contributed by atoms with E-state index in [0.717, 1.165) is 4.57 Å². The van der Waals surface area contributed by atoms with Crippen LogP contribution in [0, 0.1) is 0 Å². The summed E-state index contributed by atoms with van der Waals surface area (Å²) in [6, 6.07) is 3.02. The second-order valence-corrected chi connectivity index (χ2v) is 6.72. The highest BCUT2D eigenvalue weighted by atomic mass is 16.5. The lowest BCUT2D eigenvalue weighted by Crippen LogP contribution is -2.37. The number of hydrogen-bond acceptors (Lipinski definition) is 8. The molecule has 3 rings (SSSR count). The normalized spacial score (nSPS) is 10.9. The van der Waals surface area contributed by atoms with Crippen molar-refractivity contribution in [2.24, 2.45) is 14.1 Å². The maximum absolute atomic E-state index is 12.5. The summed E-state index contributed by atoms with van der Waals surface area (Å²) >= 11 is 0. The number of benzene rings is 1. The summed E-state index contributed by atoms with van der Waals surface area (Å²) in [7, 11) is 7.37. The van der Waals surface area contributed by atoms with E-state index >= 15 is 0 Å². The third-order valence-corrected chi connectivity index (χ3v) is 4.89. The van der Waals surface area contributed by atoms with Crippen molar-refractivity contribution in [3.63, 3.8) is 0 Å². The van der Waals surface area contributed by atoms with Crippen molar-refractivity contribution in [2.45, 2.75) is 13.0 Å². The summed E-state index contributed by atoms with van der Waals surface area (Å²) in [6.07, 6.45) is 1.93. The van der Waals surface area contributed by atoms with Crippen molar-refractivity contribution in [1.29, 1.82) is 0 Å². The lowest BCUT2D eigenvalue weighted by atomic mass is 10.2. The van der Waals surface area contributed by atoms with Gasteiger partial charge in [0.1, 0.15) is 0 Å². The van der Waals surface area contributed by atoms with E-state index in [1.54, 1.807) is 11.6 Å². The molecule has 0 aliphatic rings. The highest BCUT2D eigenvalue weighted by molar-refractivity contribution is 5.91. The van der Waals surface area contributed by atoms with Gasteiger partial charge in [-0.05, 0) is 18.6 Å². The molecule has 11 heteroatoms. The first-order valence-corrected chi connectivity index (χ1v) is 9.42. The second kappa shape index (κ2) is 8.94. The standard InChI is InChI=1S/C20H24N4O7/c1-22-17-15(18(25)23(2)20(22)27)24(11-21-17)7-6-8-31-19(26)12-9-13(28-3)16(30-5)14(10-12)29-4/h9-11H,6-8H2,1-5H3. The molecule has 0 unspecified atom stereocenters. The number of methoxy groups -OCH3 is 3. The van der Waals surface area contributed by atoms with Gasteiger partial charge in [0.25, 0.3) is 5.56 Å². The van der Waals surface area contributed by atoms with E-state index in [1.165, 1.54) is 51.4 Å². The number of aryl methyl sites for hydroxylation is 2. The molecule has 0 aliphatic heterocycles. The molecule has 0 aliphatic carbocycles. The molecule has 31 heavy (non-hydrogen) atoms. The molecule has 0 spiro atoms. The van der Waals surface area contributed by atoms with E-state index < -0.39 is 17.2 Å². The van der Waals surface area contributed by atoms with Crippen LogP contribution in [0.25, 0.3) is 11.2 Å². The lowest BCUT2D eigenvalue weighted by molar-refractivity contribution is 0.0495. The first-order chi connectivity index (χ1) is 14.8. The molecule has 2 aromatic heterocycles. The summed E-state index contributed by atoms with van der Waals surface area (Å²) in [5.74, 6) is 0.526. The van der Waals surface area contributed by atoms with Crippen LogP contribution in [0.4, 0.5) is 0 Å². The minimum atomic E-state index is -0.548. The van der Waals surface area contributed by atoms with Gasteiger partial charge in [0.05, 0.1) is 39.8 Å². The van der Waals surface area contributed by atoms with Crippen molar-refractivity contribution in [3.05, 3.63) is 44.9 Å². The highest BCUT2D eigenvalue weighted by Crippen LogP contribution is 2.38. The lowest BCUT2D eigenvalue weighted by Gasteiger charge is -2.14. The number of aromatic nitrogens is 4. The number of fused-ring (bicyclic) bond motifs is 1. The smallest absolute Gasteiger partial charge is 0.338 e. The fourth-order valence-corrected chi connectivity index (χ4v) is 3.25. The van der Waals surface area contributed by atoms with Gasteiger partial charge >= 0.3 is 11.7 Å². The minimum Gasteiger partial charge on any atom is -0.493 e. The molecule has 0 N–H and O–H groups in total. The monoisotopic (exact) mass is 432 g/mol. The molecule has 0 bridgehead atoms. The first kappa shape index (κ1) is 21.9. The minimum absolute atomic E-state index is 0.112. The van der Waals surface area contributed by atoms with Crippen LogP contribution in [-0.2, 0) is 25.4 Å². The number of imidazole rings is 1. The molecule has 0 amide bonds. The van der Waals surface area contributed by atoms with Gasteiger partial charge in [0.15, 0.2) is 22.7 Å². The van der Waals surface area contributed by atoms with Gasteiger partial charge in [-0.2, -0.15) is 0 Å². The molecule has 0 saturated heterocycles. The Morgan fingerprint density at radius 1 is 1.00 bits per heavy atom. The Hall–Kier alpha value is -3.76. The Labute approximate surface area is 177 Å². The number of esters is 1. The molecule has 166 valence electrons. The van der Waals surface area contributed by atoms with E-state index in [9.17, 15) is 14.4 Å². The van der Waals surface area contributed by atoms with Gasteiger partial charge in [-0.15, -0.1) is 0 Å². The molecule has 0 fully saturated rings. The summed E-state index contributed by atoms with van der Waals surface area (Å²) in [5, 5.41) is 0.